The van der Waals surface area contributed by atoms with E-state index >= 15 is 0 Å². The van der Waals surface area contributed by atoms with Crippen molar-refractivity contribution in [2.75, 3.05) is 0 Å². The third kappa shape index (κ3) is 3.07. The topological polar surface area (TPSA) is 46.4 Å². The fourth-order valence-corrected chi connectivity index (χ4v) is 3.05. The van der Waals surface area contributed by atoms with Gasteiger partial charge in [-0.25, -0.2) is 4.98 Å². The molecule has 0 fully saturated rings. The van der Waals surface area contributed by atoms with Crippen molar-refractivity contribution in [3.63, 3.8) is 0 Å². The van der Waals surface area contributed by atoms with Gasteiger partial charge in [0.15, 0.2) is 4.96 Å². The number of nitrogens with zero attached hydrogens (tertiary/aromatic N) is 2. The zero-order chi connectivity index (χ0) is 16.6. The van der Waals surface area contributed by atoms with Crippen molar-refractivity contribution in [3.05, 3.63) is 58.4 Å². The van der Waals surface area contributed by atoms with Crippen LogP contribution in [-0.2, 0) is 12.7 Å². The van der Waals surface area contributed by atoms with Crippen LogP contribution in [0, 0.1) is 6.92 Å². The summed E-state index contributed by atoms with van der Waals surface area (Å²) in [5.74, 6) is -0.370. The summed E-state index contributed by atoms with van der Waals surface area (Å²) in [4.78, 5) is 17.3. The second kappa shape index (κ2) is 5.69. The van der Waals surface area contributed by atoms with E-state index in [1.54, 1.807) is 23.6 Å². The summed E-state index contributed by atoms with van der Waals surface area (Å²) in [6.07, 6.45) is -2.66. The summed E-state index contributed by atoms with van der Waals surface area (Å²) >= 11 is 1.41. The average Bonchev–Trinajstić information content (AvgIpc) is 3.04. The van der Waals surface area contributed by atoms with Gasteiger partial charge in [0.25, 0.3) is 5.91 Å². The van der Waals surface area contributed by atoms with E-state index in [0.29, 0.717) is 21.9 Å². The Kier molecular flexibility index (Phi) is 3.85. The summed E-state index contributed by atoms with van der Waals surface area (Å²) in [5.41, 5.74) is 0.633. The number of amides is 1. The number of imidazole rings is 1. The summed E-state index contributed by atoms with van der Waals surface area (Å²) < 4.78 is 39.7. The number of hydrogen-bond acceptors (Lipinski definition) is 3. The molecular weight excluding hydrogens is 327 g/mol. The van der Waals surface area contributed by atoms with E-state index in [0.717, 1.165) is 12.1 Å². The lowest BCUT2D eigenvalue weighted by Crippen LogP contribution is -2.25. The van der Waals surface area contributed by atoms with Crippen LogP contribution in [0.2, 0.25) is 0 Å². The van der Waals surface area contributed by atoms with Crippen LogP contribution in [0.4, 0.5) is 13.2 Å². The highest BCUT2D eigenvalue weighted by molar-refractivity contribution is 7.15. The summed E-state index contributed by atoms with van der Waals surface area (Å²) in [5, 5.41) is 4.45. The fraction of sp³-hybridized carbons (Fsp3) is 0.200. The molecule has 1 amide bonds. The number of halogens is 3. The Bertz CT molecular complexity index is 866. The molecule has 0 spiro atoms. The van der Waals surface area contributed by atoms with Crippen LogP contribution in [0.1, 0.15) is 27.3 Å². The molecule has 23 heavy (non-hydrogen) atoms. The first kappa shape index (κ1) is 15.5. The number of alkyl halides is 3. The molecule has 0 aliphatic rings. The second-order valence-corrected chi connectivity index (χ2v) is 5.86. The zero-order valence-corrected chi connectivity index (χ0v) is 12.8. The Morgan fingerprint density at radius 3 is 2.91 bits per heavy atom. The first-order valence-corrected chi connectivity index (χ1v) is 7.60. The minimum absolute atomic E-state index is 0.0135. The molecule has 0 aliphatic carbocycles. The largest absolute Gasteiger partial charge is 0.416 e. The summed E-state index contributed by atoms with van der Waals surface area (Å²) in [7, 11) is 0. The van der Waals surface area contributed by atoms with Crippen molar-refractivity contribution in [2.24, 2.45) is 0 Å². The van der Waals surface area contributed by atoms with Gasteiger partial charge in [-0.2, -0.15) is 13.2 Å². The van der Waals surface area contributed by atoms with Gasteiger partial charge >= 0.3 is 6.18 Å². The molecule has 120 valence electrons. The quantitative estimate of drug-likeness (QED) is 0.792. The Hall–Kier alpha value is -2.35. The van der Waals surface area contributed by atoms with E-state index in [-0.39, 0.29) is 12.5 Å². The van der Waals surface area contributed by atoms with Gasteiger partial charge in [-0.15, -0.1) is 11.3 Å². The Morgan fingerprint density at radius 2 is 2.17 bits per heavy atom. The van der Waals surface area contributed by atoms with Crippen LogP contribution in [0.5, 0.6) is 0 Å². The molecule has 0 radical (unpaired) electrons. The van der Waals surface area contributed by atoms with Crippen molar-refractivity contribution in [2.45, 2.75) is 19.6 Å². The average molecular weight is 339 g/mol. The number of thiazole rings is 1. The van der Waals surface area contributed by atoms with Crippen molar-refractivity contribution < 1.29 is 18.0 Å². The molecule has 0 bridgehead atoms. The van der Waals surface area contributed by atoms with Crippen molar-refractivity contribution in [3.8, 4) is 0 Å². The normalized spacial score (nSPS) is 11.8. The van der Waals surface area contributed by atoms with E-state index in [9.17, 15) is 18.0 Å². The van der Waals surface area contributed by atoms with Gasteiger partial charge in [0.05, 0.1) is 11.3 Å². The predicted molar refractivity (Wildman–Crippen MR) is 80.4 cm³/mol. The van der Waals surface area contributed by atoms with E-state index in [2.05, 4.69) is 10.3 Å². The maximum Gasteiger partial charge on any atom is 0.416 e. The first-order chi connectivity index (χ1) is 10.9. The van der Waals surface area contributed by atoms with Gasteiger partial charge < -0.3 is 5.32 Å². The van der Waals surface area contributed by atoms with E-state index in [1.807, 2.05) is 5.38 Å². The molecule has 0 saturated heterocycles. The van der Waals surface area contributed by atoms with E-state index in [1.165, 1.54) is 17.4 Å². The highest BCUT2D eigenvalue weighted by Gasteiger charge is 2.30. The van der Waals surface area contributed by atoms with Crippen LogP contribution < -0.4 is 5.32 Å². The SMILES string of the molecule is Cc1nc2sccn2c1C(=O)NCc1cccc(C(F)(F)F)c1. The number of carbonyl (C=O) groups is 1. The summed E-state index contributed by atoms with van der Waals surface area (Å²) in [6, 6.07) is 4.90. The molecule has 4 nitrogen and oxygen atoms in total. The Morgan fingerprint density at radius 1 is 1.39 bits per heavy atom. The van der Waals surface area contributed by atoms with Crippen LogP contribution in [-0.4, -0.2) is 15.3 Å². The number of nitrogens with one attached hydrogen (secondary N) is 1. The maximum absolute atomic E-state index is 12.7. The van der Waals surface area contributed by atoms with Crippen LogP contribution in [0.25, 0.3) is 4.96 Å². The van der Waals surface area contributed by atoms with Gasteiger partial charge in [0, 0.05) is 18.1 Å². The maximum atomic E-state index is 12.7. The number of rotatable bonds is 3. The Balaban J connectivity index is 1.77. The van der Waals surface area contributed by atoms with Crippen LogP contribution in [0.15, 0.2) is 35.8 Å². The molecular formula is C15H12F3N3OS. The lowest BCUT2D eigenvalue weighted by atomic mass is 10.1. The van der Waals surface area contributed by atoms with Crippen molar-refractivity contribution in [1.82, 2.24) is 14.7 Å². The van der Waals surface area contributed by atoms with Gasteiger partial charge in [-0.05, 0) is 24.6 Å². The van der Waals surface area contributed by atoms with Gasteiger partial charge in [-0.1, -0.05) is 12.1 Å². The van der Waals surface area contributed by atoms with E-state index < -0.39 is 11.7 Å². The fourth-order valence-electron chi connectivity index (χ4n) is 2.29. The number of aryl methyl sites for hydroxylation is 1. The molecule has 0 aliphatic heterocycles. The molecule has 2 heterocycles. The molecule has 0 saturated carbocycles. The number of fused-ring (bicyclic) bond motifs is 1. The standard InChI is InChI=1S/C15H12F3N3OS/c1-9-12(21-5-6-23-14(21)20-9)13(22)19-8-10-3-2-4-11(7-10)15(16,17)18/h2-7H,8H2,1H3,(H,19,22). The van der Waals surface area contributed by atoms with E-state index in [4.69, 9.17) is 0 Å². The second-order valence-electron chi connectivity index (χ2n) is 4.98. The van der Waals surface area contributed by atoms with Crippen LogP contribution in [0.3, 0.4) is 0 Å². The van der Waals surface area contributed by atoms with Gasteiger partial charge in [-0.3, -0.25) is 9.20 Å². The molecule has 3 rings (SSSR count). The lowest BCUT2D eigenvalue weighted by Gasteiger charge is -2.09. The molecule has 1 aromatic carbocycles. The lowest BCUT2D eigenvalue weighted by molar-refractivity contribution is -0.137. The molecule has 3 aromatic rings. The zero-order valence-electron chi connectivity index (χ0n) is 12.0. The highest BCUT2D eigenvalue weighted by atomic mass is 32.1. The Labute approximate surface area is 133 Å². The smallest absolute Gasteiger partial charge is 0.347 e. The summed E-state index contributed by atoms with van der Waals surface area (Å²) in [6.45, 7) is 1.73. The third-order valence-corrected chi connectivity index (χ3v) is 4.12. The predicted octanol–water partition coefficient (Wildman–Crippen LogP) is 3.65. The van der Waals surface area contributed by atoms with Crippen molar-refractivity contribution >= 4 is 22.2 Å². The number of aromatic nitrogens is 2. The van der Waals surface area contributed by atoms with Gasteiger partial charge in [0.1, 0.15) is 5.69 Å². The van der Waals surface area contributed by atoms with Crippen molar-refractivity contribution in [1.29, 1.82) is 0 Å². The number of benzene rings is 1. The highest BCUT2D eigenvalue weighted by Crippen LogP contribution is 2.29. The minimum Gasteiger partial charge on any atom is -0.347 e. The molecule has 2 aromatic heterocycles. The number of carbonyl (C=O) groups excluding carboxylic acids is 1. The molecule has 0 atom stereocenters. The molecule has 0 unspecified atom stereocenters. The first-order valence-electron chi connectivity index (χ1n) is 6.73. The molecule has 1 N–H and O–H groups in total. The third-order valence-electron chi connectivity index (χ3n) is 3.36. The molecule has 8 heteroatoms. The monoisotopic (exact) mass is 339 g/mol. The minimum atomic E-state index is -4.40. The van der Waals surface area contributed by atoms with Gasteiger partial charge in [0.2, 0.25) is 0 Å². The van der Waals surface area contributed by atoms with Crippen LogP contribution >= 0.6 is 11.3 Å². The number of hydrogen-bond donors (Lipinski definition) is 1.